The van der Waals surface area contributed by atoms with Crippen molar-refractivity contribution in [3.63, 3.8) is 0 Å². The number of rotatable bonds is 4. The number of benzene rings is 1. The van der Waals surface area contributed by atoms with Crippen molar-refractivity contribution in [1.82, 2.24) is 15.1 Å². The summed E-state index contributed by atoms with van der Waals surface area (Å²) in [6, 6.07) is 7.84. The van der Waals surface area contributed by atoms with Crippen LogP contribution in [-0.4, -0.2) is 52.3 Å². The highest BCUT2D eigenvalue weighted by atomic mass is 32.1. The van der Waals surface area contributed by atoms with E-state index in [1.165, 1.54) is 12.1 Å². The molecule has 2 amide bonds. The summed E-state index contributed by atoms with van der Waals surface area (Å²) < 4.78 is 11.9. The topological polar surface area (TPSA) is 52.7 Å². The molecule has 2 heterocycles. The molecule has 1 N–H and O–H groups in total. The monoisotopic (exact) mass is 409 g/mol. The number of hydrogen-bond acceptors (Lipinski definition) is 3. The molecule has 3 rings (SSSR count). The smallest absolute Gasteiger partial charge is 0.278 e. The number of nitrogens with one attached hydrogen (secondary N) is 1. The van der Waals surface area contributed by atoms with Gasteiger partial charge in [-0.25, -0.2) is 4.39 Å². The molecule has 2 aliphatic rings. The van der Waals surface area contributed by atoms with Crippen LogP contribution in [-0.2, 0) is 4.79 Å². The van der Waals surface area contributed by atoms with Gasteiger partial charge in [0, 0.05) is 32.5 Å². The molecular weight excluding hydrogens is 377 g/mol. The molecule has 2 aliphatic heterocycles. The molecule has 28 heavy (non-hydrogen) atoms. The Kier molecular flexibility index (Phi) is 8.31. The summed E-state index contributed by atoms with van der Waals surface area (Å²) in [7, 11) is 0. The van der Waals surface area contributed by atoms with Gasteiger partial charge in [-0.05, 0) is 24.5 Å². The van der Waals surface area contributed by atoms with Gasteiger partial charge in [0.15, 0.2) is 0 Å². The van der Waals surface area contributed by atoms with E-state index in [9.17, 15) is 14.0 Å². The third-order valence-electron chi connectivity index (χ3n) is 5.47. The van der Waals surface area contributed by atoms with Crippen LogP contribution in [0.15, 0.2) is 30.3 Å². The molecule has 5 nitrogen and oxygen atoms in total. The highest BCUT2D eigenvalue weighted by Gasteiger charge is 2.51. The Bertz CT molecular complexity index is 648. The molecule has 156 valence electrons. The second-order valence-corrected chi connectivity index (χ2v) is 8.19. The van der Waals surface area contributed by atoms with Gasteiger partial charge < -0.3 is 9.80 Å². The maximum Gasteiger partial charge on any atom is 0.278 e. The minimum absolute atomic E-state index is 0.0971. The number of amides is 2. The number of halogens is 1. The molecule has 1 spiro atoms. The van der Waals surface area contributed by atoms with Crippen molar-refractivity contribution in [3.8, 4) is 0 Å². The van der Waals surface area contributed by atoms with E-state index in [0.29, 0.717) is 13.1 Å². The first kappa shape index (κ1) is 22.7. The van der Waals surface area contributed by atoms with Crippen LogP contribution in [0.4, 0.5) is 9.18 Å². The van der Waals surface area contributed by atoms with Crippen LogP contribution in [0, 0.1) is 11.7 Å². The average Bonchev–Trinajstić information content (AvgIpc) is 2.93. The summed E-state index contributed by atoms with van der Waals surface area (Å²) in [5.74, 6) is 0.331. The van der Waals surface area contributed by atoms with Crippen LogP contribution in [0.2, 0.25) is 0 Å². The third kappa shape index (κ3) is 5.47. The normalized spacial score (nSPS) is 21.1. The SMILES string of the molecule is CCCCN1C(=O)C(C(C)C)NC12CCN(C(=O)S)CC2.Fc1ccccc1. The second-order valence-electron chi connectivity index (χ2n) is 7.81. The summed E-state index contributed by atoms with van der Waals surface area (Å²) in [5.41, 5.74) is -0.263. The Hall–Kier alpha value is -1.60. The van der Waals surface area contributed by atoms with E-state index in [2.05, 4.69) is 38.7 Å². The zero-order chi connectivity index (χ0) is 20.7. The number of piperidine rings is 1. The standard InChI is InChI=1S/C15H27N3O2S.C6H5F/c1-4-5-8-18-13(19)12(11(2)3)16-15(18)6-9-17(10-7-15)14(20)21;7-6-4-2-1-3-5-6/h11-12,16H,4-10H2,1-3H3,(H,20,21);1-5H. The molecule has 1 aromatic carbocycles. The van der Waals surface area contributed by atoms with E-state index in [1.54, 1.807) is 23.1 Å². The van der Waals surface area contributed by atoms with Gasteiger partial charge >= 0.3 is 0 Å². The molecule has 1 unspecified atom stereocenters. The van der Waals surface area contributed by atoms with Crippen LogP contribution in [0.5, 0.6) is 0 Å². The largest absolute Gasteiger partial charge is 0.334 e. The molecular formula is C21H32FN3O2S. The molecule has 2 fully saturated rings. The maximum absolute atomic E-state index is 12.7. The molecule has 1 atom stereocenters. The van der Waals surface area contributed by atoms with E-state index >= 15 is 0 Å². The van der Waals surface area contributed by atoms with Crippen molar-refractivity contribution in [2.45, 2.75) is 58.2 Å². The average molecular weight is 410 g/mol. The van der Waals surface area contributed by atoms with Crippen LogP contribution in [0.25, 0.3) is 0 Å². The summed E-state index contributed by atoms with van der Waals surface area (Å²) in [5, 5.41) is 3.42. The zero-order valence-corrected chi connectivity index (χ0v) is 17.9. The van der Waals surface area contributed by atoms with Gasteiger partial charge in [-0.1, -0.05) is 58.0 Å². The van der Waals surface area contributed by atoms with Gasteiger partial charge in [-0.2, -0.15) is 0 Å². The quantitative estimate of drug-likeness (QED) is 0.742. The van der Waals surface area contributed by atoms with E-state index in [1.807, 2.05) is 4.90 Å². The summed E-state index contributed by atoms with van der Waals surface area (Å²) in [4.78, 5) is 27.9. The first-order valence-corrected chi connectivity index (χ1v) is 10.5. The van der Waals surface area contributed by atoms with E-state index in [-0.39, 0.29) is 34.6 Å². The van der Waals surface area contributed by atoms with Crippen LogP contribution >= 0.6 is 12.6 Å². The van der Waals surface area contributed by atoms with Crippen molar-refractivity contribution in [2.24, 2.45) is 5.92 Å². The Morgan fingerprint density at radius 1 is 1.29 bits per heavy atom. The molecule has 1 aromatic rings. The van der Waals surface area contributed by atoms with Gasteiger partial charge in [-0.3, -0.25) is 14.9 Å². The van der Waals surface area contributed by atoms with Crippen LogP contribution in [0.1, 0.15) is 46.5 Å². The molecule has 0 aromatic heterocycles. The lowest BCUT2D eigenvalue weighted by Crippen LogP contribution is -2.59. The number of carbonyl (C=O) groups is 2. The van der Waals surface area contributed by atoms with E-state index in [0.717, 1.165) is 32.2 Å². The van der Waals surface area contributed by atoms with Gasteiger partial charge in [-0.15, -0.1) is 0 Å². The van der Waals surface area contributed by atoms with Gasteiger partial charge in [0.2, 0.25) is 5.91 Å². The van der Waals surface area contributed by atoms with E-state index < -0.39 is 0 Å². The lowest BCUT2D eigenvalue weighted by Gasteiger charge is -2.44. The van der Waals surface area contributed by atoms with Gasteiger partial charge in [0.05, 0.1) is 11.7 Å². The van der Waals surface area contributed by atoms with Crippen molar-refractivity contribution >= 4 is 23.8 Å². The zero-order valence-electron chi connectivity index (χ0n) is 17.0. The lowest BCUT2D eigenvalue weighted by molar-refractivity contribution is -0.133. The Balaban J connectivity index is 0.000000336. The molecule has 0 bridgehead atoms. The van der Waals surface area contributed by atoms with Crippen molar-refractivity contribution in [3.05, 3.63) is 36.1 Å². The predicted molar refractivity (Wildman–Crippen MR) is 113 cm³/mol. The number of likely N-dealkylation sites (tertiary alicyclic amines) is 1. The first-order chi connectivity index (χ1) is 13.3. The first-order valence-electron chi connectivity index (χ1n) is 10.1. The summed E-state index contributed by atoms with van der Waals surface area (Å²) in [6.45, 7) is 8.44. The highest BCUT2D eigenvalue weighted by Crippen LogP contribution is 2.34. The number of unbranched alkanes of at least 4 members (excludes halogenated alkanes) is 1. The molecule has 0 radical (unpaired) electrons. The summed E-state index contributed by atoms with van der Waals surface area (Å²) in [6.07, 6.45) is 3.68. The van der Waals surface area contributed by atoms with Crippen molar-refractivity contribution in [2.75, 3.05) is 19.6 Å². The van der Waals surface area contributed by atoms with Crippen molar-refractivity contribution in [1.29, 1.82) is 0 Å². The van der Waals surface area contributed by atoms with Crippen LogP contribution < -0.4 is 5.32 Å². The number of carbonyl (C=O) groups excluding carboxylic acids is 2. The van der Waals surface area contributed by atoms with Crippen LogP contribution in [0.3, 0.4) is 0 Å². The second kappa shape index (κ2) is 10.3. The Morgan fingerprint density at radius 3 is 2.32 bits per heavy atom. The Morgan fingerprint density at radius 2 is 1.89 bits per heavy atom. The fourth-order valence-electron chi connectivity index (χ4n) is 3.80. The molecule has 0 aliphatic carbocycles. The highest BCUT2D eigenvalue weighted by molar-refractivity contribution is 7.96. The number of nitrogens with zero attached hydrogens (tertiary/aromatic N) is 2. The minimum atomic E-state index is -0.263. The summed E-state index contributed by atoms with van der Waals surface area (Å²) >= 11 is 3.91. The van der Waals surface area contributed by atoms with E-state index in [4.69, 9.17) is 0 Å². The fourth-order valence-corrected chi connectivity index (χ4v) is 4.00. The maximum atomic E-state index is 12.7. The molecule has 0 saturated carbocycles. The van der Waals surface area contributed by atoms with Crippen molar-refractivity contribution < 1.29 is 14.0 Å². The third-order valence-corrected chi connectivity index (χ3v) is 5.75. The fraction of sp³-hybridized carbons (Fsp3) is 0.619. The van der Waals surface area contributed by atoms with Gasteiger partial charge in [0.1, 0.15) is 5.82 Å². The number of hydrogen-bond donors (Lipinski definition) is 2. The lowest BCUT2D eigenvalue weighted by atomic mass is 9.95. The predicted octanol–water partition coefficient (Wildman–Crippen LogP) is 3.91. The molecule has 2 saturated heterocycles. The Labute approximate surface area is 173 Å². The van der Waals surface area contributed by atoms with Gasteiger partial charge in [0.25, 0.3) is 5.24 Å². The number of thiol groups is 1. The molecule has 7 heteroatoms. The minimum Gasteiger partial charge on any atom is -0.334 e.